The van der Waals surface area contributed by atoms with Gasteiger partial charge in [-0.3, -0.25) is 0 Å². The molecular formula is C20H18N4O2S. The molecule has 0 saturated carbocycles. The van der Waals surface area contributed by atoms with Gasteiger partial charge in [0, 0.05) is 17.2 Å². The second-order valence-corrected chi connectivity index (χ2v) is 7.42. The summed E-state index contributed by atoms with van der Waals surface area (Å²) >= 11 is 1.49. The largest absolute Gasteiger partial charge is 0.422 e. The molecule has 2 aromatic heterocycles. The predicted molar refractivity (Wildman–Crippen MR) is 105 cm³/mol. The highest BCUT2D eigenvalue weighted by Gasteiger charge is 2.13. The Labute approximate surface area is 160 Å². The molecular weight excluding hydrogens is 360 g/mol. The van der Waals surface area contributed by atoms with Crippen molar-refractivity contribution in [2.75, 3.05) is 0 Å². The lowest BCUT2D eigenvalue weighted by atomic mass is 10.0. The number of aryl methyl sites for hydroxylation is 3. The Hall–Kier alpha value is -2.93. The number of tetrazole rings is 1. The summed E-state index contributed by atoms with van der Waals surface area (Å²) in [7, 11) is 0. The first-order valence-corrected chi connectivity index (χ1v) is 9.52. The van der Waals surface area contributed by atoms with Gasteiger partial charge in [-0.2, -0.15) is 4.68 Å². The van der Waals surface area contributed by atoms with E-state index >= 15 is 0 Å². The summed E-state index contributed by atoms with van der Waals surface area (Å²) in [6.45, 7) is 6.00. The highest BCUT2D eigenvalue weighted by molar-refractivity contribution is 7.98. The van der Waals surface area contributed by atoms with Crippen molar-refractivity contribution in [3.05, 3.63) is 75.1 Å². The van der Waals surface area contributed by atoms with Crippen molar-refractivity contribution in [3.8, 4) is 5.69 Å². The molecule has 2 aromatic carbocycles. The van der Waals surface area contributed by atoms with Crippen LogP contribution in [0.1, 0.15) is 22.3 Å². The van der Waals surface area contributed by atoms with Crippen molar-refractivity contribution < 1.29 is 4.42 Å². The second kappa shape index (κ2) is 7.00. The van der Waals surface area contributed by atoms with E-state index in [2.05, 4.69) is 15.5 Å². The molecule has 0 N–H and O–H groups in total. The molecule has 4 rings (SSSR count). The number of hydrogen-bond acceptors (Lipinski definition) is 6. The number of nitrogens with zero attached hydrogens (tertiary/aromatic N) is 4. The summed E-state index contributed by atoms with van der Waals surface area (Å²) in [4.78, 5) is 12.0. The predicted octanol–water partition coefficient (Wildman–Crippen LogP) is 3.99. The minimum atomic E-state index is -0.343. The summed E-state index contributed by atoms with van der Waals surface area (Å²) in [5, 5.41) is 13.7. The monoisotopic (exact) mass is 378 g/mol. The highest BCUT2D eigenvalue weighted by Crippen LogP contribution is 2.28. The average molecular weight is 378 g/mol. The summed E-state index contributed by atoms with van der Waals surface area (Å²) in [5.41, 5.74) is 5.34. The van der Waals surface area contributed by atoms with Gasteiger partial charge in [0.25, 0.3) is 0 Å². The van der Waals surface area contributed by atoms with Crippen LogP contribution in [0.2, 0.25) is 0 Å². The van der Waals surface area contributed by atoms with E-state index < -0.39 is 0 Å². The number of benzene rings is 2. The normalized spacial score (nSPS) is 11.2. The third-order valence-electron chi connectivity index (χ3n) is 4.56. The van der Waals surface area contributed by atoms with E-state index in [4.69, 9.17) is 4.42 Å². The van der Waals surface area contributed by atoms with E-state index in [1.54, 1.807) is 10.7 Å². The SMILES string of the molecule is Cc1cccc(-n2nnnc2SCc2cc(=O)oc3c(C)c(C)ccc23)c1. The molecule has 0 saturated heterocycles. The first-order valence-electron chi connectivity index (χ1n) is 8.54. The van der Waals surface area contributed by atoms with Crippen LogP contribution in [0.25, 0.3) is 16.7 Å². The number of fused-ring (bicyclic) bond motifs is 1. The zero-order valence-corrected chi connectivity index (χ0v) is 16.1. The minimum absolute atomic E-state index is 0.343. The van der Waals surface area contributed by atoms with Gasteiger partial charge >= 0.3 is 5.63 Å². The molecule has 0 aliphatic rings. The van der Waals surface area contributed by atoms with E-state index in [1.807, 2.05) is 57.2 Å². The average Bonchev–Trinajstić information content (AvgIpc) is 3.12. The summed E-state index contributed by atoms with van der Waals surface area (Å²) in [5.74, 6) is 0.566. The van der Waals surface area contributed by atoms with Gasteiger partial charge in [0.1, 0.15) is 5.58 Å². The van der Waals surface area contributed by atoms with Gasteiger partial charge in [-0.1, -0.05) is 36.0 Å². The number of hydrogen-bond donors (Lipinski definition) is 0. The summed E-state index contributed by atoms with van der Waals surface area (Å²) in [6.07, 6.45) is 0. The van der Waals surface area contributed by atoms with Crippen LogP contribution < -0.4 is 5.63 Å². The molecule has 6 nitrogen and oxygen atoms in total. The van der Waals surface area contributed by atoms with Gasteiger partial charge < -0.3 is 4.42 Å². The Bertz CT molecular complexity index is 1200. The van der Waals surface area contributed by atoms with Crippen LogP contribution in [-0.4, -0.2) is 20.2 Å². The number of rotatable bonds is 4. The van der Waals surface area contributed by atoms with Crippen LogP contribution in [-0.2, 0) is 5.75 Å². The first-order chi connectivity index (χ1) is 13.0. The molecule has 0 amide bonds. The standard InChI is InChI=1S/C20H18N4O2S/c1-12-5-4-6-16(9-12)24-20(21-22-23-24)27-11-15-10-18(25)26-19-14(3)13(2)7-8-17(15)19/h4-10H,11H2,1-3H3. The van der Waals surface area contributed by atoms with Gasteiger partial charge in [-0.05, 0) is 65.6 Å². The molecule has 0 atom stereocenters. The van der Waals surface area contributed by atoms with E-state index in [0.717, 1.165) is 33.3 Å². The van der Waals surface area contributed by atoms with Crippen molar-refractivity contribution >= 4 is 22.7 Å². The molecule has 0 unspecified atom stereocenters. The Morgan fingerprint density at radius 1 is 1.11 bits per heavy atom. The lowest BCUT2D eigenvalue weighted by Crippen LogP contribution is -2.03. The van der Waals surface area contributed by atoms with Crippen molar-refractivity contribution in [1.82, 2.24) is 20.2 Å². The fraction of sp³-hybridized carbons (Fsp3) is 0.200. The molecule has 0 bridgehead atoms. The van der Waals surface area contributed by atoms with Gasteiger partial charge in [0.2, 0.25) is 5.16 Å². The molecule has 136 valence electrons. The van der Waals surface area contributed by atoms with Gasteiger partial charge in [-0.25, -0.2) is 4.79 Å². The quantitative estimate of drug-likeness (QED) is 0.395. The van der Waals surface area contributed by atoms with Crippen LogP contribution in [0.4, 0.5) is 0 Å². The van der Waals surface area contributed by atoms with E-state index in [-0.39, 0.29) is 5.63 Å². The van der Waals surface area contributed by atoms with Crippen LogP contribution in [0.3, 0.4) is 0 Å². The maximum atomic E-state index is 12.0. The third kappa shape index (κ3) is 3.38. The summed E-state index contributed by atoms with van der Waals surface area (Å²) < 4.78 is 7.16. The molecule has 7 heteroatoms. The van der Waals surface area contributed by atoms with Gasteiger partial charge in [0.15, 0.2) is 0 Å². The Balaban J connectivity index is 1.69. The molecule has 0 fully saturated rings. The fourth-order valence-electron chi connectivity index (χ4n) is 2.98. The van der Waals surface area contributed by atoms with Crippen LogP contribution in [0.5, 0.6) is 0 Å². The van der Waals surface area contributed by atoms with Crippen LogP contribution >= 0.6 is 11.8 Å². The smallest absolute Gasteiger partial charge is 0.336 e. The van der Waals surface area contributed by atoms with E-state index in [0.29, 0.717) is 16.5 Å². The molecule has 0 radical (unpaired) electrons. The zero-order valence-electron chi connectivity index (χ0n) is 15.3. The second-order valence-electron chi connectivity index (χ2n) is 6.48. The minimum Gasteiger partial charge on any atom is -0.422 e. The van der Waals surface area contributed by atoms with E-state index in [1.165, 1.54) is 11.8 Å². The third-order valence-corrected chi connectivity index (χ3v) is 5.53. The molecule has 4 aromatic rings. The Morgan fingerprint density at radius 2 is 1.96 bits per heavy atom. The molecule has 0 aliphatic heterocycles. The van der Waals surface area contributed by atoms with Gasteiger partial charge in [-0.15, -0.1) is 5.10 Å². The lowest BCUT2D eigenvalue weighted by molar-refractivity contribution is 0.557. The lowest BCUT2D eigenvalue weighted by Gasteiger charge is -2.09. The van der Waals surface area contributed by atoms with Crippen molar-refractivity contribution in [2.24, 2.45) is 0 Å². The maximum absolute atomic E-state index is 12.0. The first kappa shape index (κ1) is 17.5. The maximum Gasteiger partial charge on any atom is 0.336 e. The molecule has 2 heterocycles. The molecule has 0 spiro atoms. The van der Waals surface area contributed by atoms with Crippen LogP contribution in [0.15, 0.2) is 56.8 Å². The van der Waals surface area contributed by atoms with Crippen molar-refractivity contribution in [1.29, 1.82) is 0 Å². The molecule has 27 heavy (non-hydrogen) atoms. The van der Waals surface area contributed by atoms with E-state index in [9.17, 15) is 4.79 Å². The molecule has 0 aliphatic carbocycles. The summed E-state index contributed by atoms with van der Waals surface area (Å²) in [6, 6.07) is 13.6. The highest BCUT2D eigenvalue weighted by atomic mass is 32.2. The van der Waals surface area contributed by atoms with Crippen LogP contribution in [0, 0.1) is 20.8 Å². The zero-order chi connectivity index (χ0) is 19.0. The Morgan fingerprint density at radius 3 is 2.78 bits per heavy atom. The van der Waals surface area contributed by atoms with Crippen molar-refractivity contribution in [3.63, 3.8) is 0 Å². The Kier molecular flexibility index (Phi) is 4.53. The van der Waals surface area contributed by atoms with Crippen molar-refractivity contribution in [2.45, 2.75) is 31.7 Å². The van der Waals surface area contributed by atoms with Gasteiger partial charge in [0.05, 0.1) is 5.69 Å². The number of thioether (sulfide) groups is 1. The topological polar surface area (TPSA) is 73.8 Å². The fourth-order valence-corrected chi connectivity index (χ4v) is 3.86. The number of aromatic nitrogens is 4.